The zero-order valence-electron chi connectivity index (χ0n) is 14.9. The number of amides is 2. The highest BCUT2D eigenvalue weighted by Crippen LogP contribution is 2.32. The molecule has 0 bridgehead atoms. The molecule has 0 unspecified atom stereocenters. The lowest BCUT2D eigenvalue weighted by atomic mass is 9.94. The Morgan fingerprint density at radius 3 is 2.67 bits per heavy atom. The van der Waals surface area contributed by atoms with Gasteiger partial charge in [-0.05, 0) is 30.7 Å². The van der Waals surface area contributed by atoms with Crippen LogP contribution in [-0.2, 0) is 11.2 Å². The quantitative estimate of drug-likeness (QED) is 0.657. The maximum absolute atomic E-state index is 13.2. The first-order valence-electron chi connectivity index (χ1n) is 9.17. The Kier molecular flexibility index (Phi) is 3.47. The third kappa shape index (κ3) is 2.40. The van der Waals surface area contributed by atoms with E-state index < -0.39 is 6.04 Å². The van der Waals surface area contributed by atoms with Crippen molar-refractivity contribution < 1.29 is 9.59 Å². The maximum Gasteiger partial charge on any atom is 0.258 e. The monoisotopic (exact) mass is 360 g/mol. The molecule has 1 saturated heterocycles. The van der Waals surface area contributed by atoms with Crippen molar-refractivity contribution in [3.8, 4) is 0 Å². The summed E-state index contributed by atoms with van der Waals surface area (Å²) < 4.78 is 0. The molecule has 1 aromatic heterocycles. The number of hydrogen-bond donors (Lipinski definition) is 3. The highest BCUT2D eigenvalue weighted by atomic mass is 16.2. The summed E-state index contributed by atoms with van der Waals surface area (Å²) in [6.45, 7) is 1.92. The van der Waals surface area contributed by atoms with Crippen molar-refractivity contribution in [2.45, 2.75) is 31.6 Å². The molecular weight excluding hydrogens is 340 g/mol. The molecule has 1 fully saturated rings. The van der Waals surface area contributed by atoms with E-state index in [4.69, 9.17) is 0 Å². The fraction of sp³-hybridized carbons (Fsp3) is 0.238. The molecular formula is C21H20N4O2. The van der Waals surface area contributed by atoms with Crippen LogP contribution in [0.15, 0.2) is 54.7 Å². The van der Waals surface area contributed by atoms with Crippen LogP contribution in [0.25, 0.3) is 10.9 Å². The van der Waals surface area contributed by atoms with Gasteiger partial charge in [0.15, 0.2) is 0 Å². The number of para-hydroxylation sites is 2. The average Bonchev–Trinajstić information content (AvgIpc) is 3.08. The Morgan fingerprint density at radius 2 is 1.78 bits per heavy atom. The predicted molar refractivity (Wildman–Crippen MR) is 103 cm³/mol. The van der Waals surface area contributed by atoms with E-state index in [9.17, 15) is 9.59 Å². The molecule has 0 aliphatic carbocycles. The molecule has 2 aromatic carbocycles. The van der Waals surface area contributed by atoms with E-state index in [-0.39, 0.29) is 24.0 Å². The summed E-state index contributed by atoms with van der Waals surface area (Å²) in [4.78, 5) is 31.0. The van der Waals surface area contributed by atoms with E-state index in [1.165, 1.54) is 0 Å². The minimum Gasteiger partial charge on any atom is -0.363 e. The maximum atomic E-state index is 13.2. The average molecular weight is 360 g/mol. The normalized spacial score (nSPS) is 24.2. The second kappa shape index (κ2) is 5.87. The van der Waals surface area contributed by atoms with Crippen molar-refractivity contribution in [3.63, 3.8) is 0 Å². The van der Waals surface area contributed by atoms with Gasteiger partial charge < -0.3 is 20.5 Å². The third-order valence-corrected chi connectivity index (χ3v) is 5.57. The van der Waals surface area contributed by atoms with E-state index in [0.29, 0.717) is 12.0 Å². The van der Waals surface area contributed by atoms with Gasteiger partial charge in [-0.3, -0.25) is 9.59 Å². The molecule has 2 aliphatic heterocycles. The van der Waals surface area contributed by atoms with Crippen LogP contribution in [0, 0.1) is 0 Å². The molecule has 0 saturated carbocycles. The molecule has 0 spiro atoms. The van der Waals surface area contributed by atoms with Crippen molar-refractivity contribution in [1.82, 2.24) is 15.2 Å². The summed E-state index contributed by atoms with van der Waals surface area (Å²) in [6, 6.07) is 14.7. The minimum atomic E-state index is -0.557. The first-order valence-corrected chi connectivity index (χ1v) is 9.17. The topological polar surface area (TPSA) is 77.2 Å². The Hall–Kier alpha value is -3.28. The second-order valence-corrected chi connectivity index (χ2v) is 7.22. The fourth-order valence-electron chi connectivity index (χ4n) is 4.22. The fourth-order valence-corrected chi connectivity index (χ4v) is 4.22. The molecule has 3 heterocycles. The van der Waals surface area contributed by atoms with Crippen molar-refractivity contribution in [3.05, 3.63) is 65.9 Å². The molecule has 2 aliphatic rings. The van der Waals surface area contributed by atoms with E-state index in [0.717, 1.165) is 22.2 Å². The van der Waals surface area contributed by atoms with Gasteiger partial charge in [0.1, 0.15) is 12.2 Å². The number of nitrogens with zero attached hydrogens (tertiary/aromatic N) is 1. The number of anilines is 1. The summed E-state index contributed by atoms with van der Waals surface area (Å²) in [5.41, 5.74) is 3.49. The van der Waals surface area contributed by atoms with E-state index >= 15 is 0 Å². The number of fused-ring (bicyclic) bond motifs is 3. The van der Waals surface area contributed by atoms with Crippen LogP contribution >= 0.6 is 0 Å². The molecule has 0 radical (unpaired) electrons. The highest BCUT2D eigenvalue weighted by Gasteiger charge is 2.46. The first-order chi connectivity index (χ1) is 13.1. The van der Waals surface area contributed by atoms with Crippen LogP contribution in [0.3, 0.4) is 0 Å². The van der Waals surface area contributed by atoms with Crippen LogP contribution in [0.1, 0.15) is 22.8 Å². The molecule has 27 heavy (non-hydrogen) atoms. The van der Waals surface area contributed by atoms with Crippen molar-refractivity contribution in [2.75, 3.05) is 5.32 Å². The summed E-state index contributed by atoms with van der Waals surface area (Å²) in [6.07, 6.45) is 2.13. The Labute approximate surface area is 156 Å². The van der Waals surface area contributed by atoms with Crippen LogP contribution in [0.5, 0.6) is 0 Å². The molecule has 3 atom stereocenters. The number of carbonyl (C=O) groups is 2. The van der Waals surface area contributed by atoms with Gasteiger partial charge in [0.2, 0.25) is 5.91 Å². The molecule has 6 heteroatoms. The van der Waals surface area contributed by atoms with Crippen molar-refractivity contribution in [1.29, 1.82) is 0 Å². The predicted octanol–water partition coefficient (Wildman–Crippen LogP) is 2.49. The van der Waals surface area contributed by atoms with Gasteiger partial charge in [0.25, 0.3) is 5.91 Å². The molecule has 5 rings (SSSR count). The number of aromatic nitrogens is 1. The molecule has 136 valence electrons. The zero-order chi connectivity index (χ0) is 18.5. The lowest BCUT2D eigenvalue weighted by Crippen LogP contribution is -2.70. The second-order valence-electron chi connectivity index (χ2n) is 7.22. The van der Waals surface area contributed by atoms with Gasteiger partial charge in [-0.25, -0.2) is 0 Å². The lowest BCUT2D eigenvalue weighted by molar-refractivity contribution is -0.130. The Morgan fingerprint density at radius 1 is 1.00 bits per heavy atom. The number of H-pyrrole nitrogens is 1. The number of rotatable bonds is 2. The highest BCUT2D eigenvalue weighted by molar-refractivity contribution is 6.04. The van der Waals surface area contributed by atoms with Gasteiger partial charge >= 0.3 is 0 Å². The van der Waals surface area contributed by atoms with Gasteiger partial charge in [0, 0.05) is 29.2 Å². The van der Waals surface area contributed by atoms with E-state index in [1.54, 1.807) is 11.0 Å². The summed E-state index contributed by atoms with van der Waals surface area (Å²) in [7, 11) is 0. The molecule has 3 N–H and O–H groups in total. The number of piperazine rings is 1. The Bertz CT molecular complexity index is 1060. The summed E-state index contributed by atoms with van der Waals surface area (Å²) in [5.74, 6) is -0.209. The Balaban J connectivity index is 1.55. The third-order valence-electron chi connectivity index (χ3n) is 5.57. The number of nitrogens with one attached hydrogen (secondary N) is 3. The zero-order valence-corrected chi connectivity index (χ0v) is 14.9. The summed E-state index contributed by atoms with van der Waals surface area (Å²) >= 11 is 0. The number of hydrogen-bond acceptors (Lipinski definition) is 3. The van der Waals surface area contributed by atoms with Crippen molar-refractivity contribution in [2.24, 2.45) is 0 Å². The molecule has 6 nitrogen and oxygen atoms in total. The summed E-state index contributed by atoms with van der Waals surface area (Å²) in [5, 5.41) is 7.55. The van der Waals surface area contributed by atoms with Crippen LogP contribution in [0.2, 0.25) is 0 Å². The smallest absolute Gasteiger partial charge is 0.258 e. The van der Waals surface area contributed by atoms with Crippen LogP contribution in [-0.4, -0.2) is 39.9 Å². The lowest BCUT2D eigenvalue weighted by Gasteiger charge is -2.48. The van der Waals surface area contributed by atoms with Gasteiger partial charge in [-0.2, -0.15) is 0 Å². The largest absolute Gasteiger partial charge is 0.363 e. The molecule has 3 aromatic rings. The van der Waals surface area contributed by atoms with E-state index in [1.807, 2.05) is 55.6 Å². The van der Waals surface area contributed by atoms with Gasteiger partial charge in [-0.1, -0.05) is 30.3 Å². The number of carbonyl (C=O) groups excluding carboxylic acids is 2. The van der Waals surface area contributed by atoms with Gasteiger partial charge in [-0.15, -0.1) is 0 Å². The van der Waals surface area contributed by atoms with Crippen LogP contribution in [0.4, 0.5) is 5.69 Å². The minimum absolute atomic E-state index is 0.0964. The first kappa shape index (κ1) is 15.9. The van der Waals surface area contributed by atoms with Crippen molar-refractivity contribution >= 4 is 28.4 Å². The number of aromatic amines is 1. The SMILES string of the molecule is C[C@H]1NC(=O)[C@@H](Cc2c[nH]c3ccccc23)N2C(=O)c3ccccc3N[C@@H]12. The van der Waals surface area contributed by atoms with Gasteiger partial charge in [0.05, 0.1) is 11.6 Å². The van der Waals surface area contributed by atoms with E-state index in [2.05, 4.69) is 15.6 Å². The van der Waals surface area contributed by atoms with Crippen LogP contribution < -0.4 is 10.6 Å². The molecule has 2 amide bonds. The standard InChI is InChI=1S/C21H20N4O2/c1-12-19-24-17-9-5-3-7-15(17)21(27)25(19)18(20(26)23-12)10-13-11-22-16-8-4-2-6-14(13)16/h2-9,11-12,18-19,22,24H,10H2,1H3,(H,23,26)/t12-,18-,19-/m1/s1. The number of benzene rings is 2.